The molecule has 9 heteroatoms. The van der Waals surface area contributed by atoms with Gasteiger partial charge in [-0.15, -0.1) is 10.2 Å². The second-order valence-corrected chi connectivity index (χ2v) is 6.93. The molecule has 3 aromatic rings. The van der Waals surface area contributed by atoms with Crippen LogP contribution in [0.25, 0.3) is 11.4 Å². The van der Waals surface area contributed by atoms with Crippen LogP contribution in [0.2, 0.25) is 0 Å². The van der Waals surface area contributed by atoms with Crippen LogP contribution in [0.4, 0.5) is 10.1 Å². The van der Waals surface area contributed by atoms with Gasteiger partial charge in [0.15, 0.2) is 11.0 Å². The van der Waals surface area contributed by atoms with E-state index in [-0.39, 0.29) is 17.5 Å². The van der Waals surface area contributed by atoms with Crippen molar-refractivity contribution in [2.24, 2.45) is 0 Å². The molecule has 3 rings (SSSR count). The highest BCUT2D eigenvalue weighted by molar-refractivity contribution is 7.99. The van der Waals surface area contributed by atoms with E-state index < -0.39 is 0 Å². The molecule has 28 heavy (non-hydrogen) atoms. The Labute approximate surface area is 166 Å². The van der Waals surface area contributed by atoms with Gasteiger partial charge in [0.25, 0.3) is 0 Å². The molecule has 0 aliphatic heterocycles. The molecule has 2 heterocycles. The monoisotopic (exact) mass is 401 g/mol. The zero-order valence-electron chi connectivity index (χ0n) is 15.6. The minimum absolute atomic E-state index is 0.122. The summed E-state index contributed by atoms with van der Waals surface area (Å²) in [7, 11) is 1.62. The Hall–Kier alpha value is -2.78. The molecule has 2 aromatic heterocycles. The fourth-order valence-corrected chi connectivity index (χ4v) is 3.26. The topological polar surface area (TPSA) is 81.9 Å². The van der Waals surface area contributed by atoms with E-state index in [2.05, 4.69) is 20.5 Å². The molecule has 0 spiro atoms. The maximum Gasteiger partial charge on any atom is 0.234 e. The van der Waals surface area contributed by atoms with Gasteiger partial charge >= 0.3 is 0 Å². The molecule has 0 fully saturated rings. The lowest BCUT2D eigenvalue weighted by Gasteiger charge is -2.10. The molecule has 0 bridgehead atoms. The number of rotatable bonds is 8. The van der Waals surface area contributed by atoms with Crippen LogP contribution in [-0.2, 0) is 16.1 Å². The van der Waals surface area contributed by atoms with Crippen LogP contribution in [0, 0.1) is 12.7 Å². The number of aryl methyl sites for hydroxylation is 1. The van der Waals surface area contributed by atoms with Crippen LogP contribution in [0.5, 0.6) is 0 Å². The molecule has 146 valence electrons. The second kappa shape index (κ2) is 9.43. The summed E-state index contributed by atoms with van der Waals surface area (Å²) in [4.78, 5) is 16.3. The summed E-state index contributed by atoms with van der Waals surface area (Å²) in [5.74, 6) is 0.200. The lowest BCUT2D eigenvalue weighted by Crippen LogP contribution is -2.15. The number of methoxy groups -OCH3 is 1. The van der Waals surface area contributed by atoms with Crippen LogP contribution in [-0.4, -0.2) is 45.1 Å². The van der Waals surface area contributed by atoms with Crippen LogP contribution >= 0.6 is 11.8 Å². The van der Waals surface area contributed by atoms with Gasteiger partial charge in [0.1, 0.15) is 5.82 Å². The largest absolute Gasteiger partial charge is 0.383 e. The van der Waals surface area contributed by atoms with Gasteiger partial charge in [0, 0.05) is 30.8 Å². The van der Waals surface area contributed by atoms with Crippen molar-refractivity contribution in [3.63, 3.8) is 0 Å². The Morgan fingerprint density at radius 3 is 2.75 bits per heavy atom. The van der Waals surface area contributed by atoms with Gasteiger partial charge in [-0.25, -0.2) is 4.39 Å². The molecule has 0 saturated heterocycles. The third-order valence-electron chi connectivity index (χ3n) is 3.96. The molecule has 0 atom stereocenters. The normalized spacial score (nSPS) is 10.8. The predicted molar refractivity (Wildman–Crippen MR) is 106 cm³/mol. The number of carbonyl (C=O) groups is 1. The van der Waals surface area contributed by atoms with E-state index >= 15 is 0 Å². The van der Waals surface area contributed by atoms with Crippen molar-refractivity contribution in [1.82, 2.24) is 19.7 Å². The summed E-state index contributed by atoms with van der Waals surface area (Å²) in [6.45, 7) is 2.71. The average molecular weight is 401 g/mol. The first-order valence-electron chi connectivity index (χ1n) is 8.60. The SMILES string of the molecule is COCCn1c(SCC(=O)Nc2ccc(C)c(F)c2)nnc1-c1ccncc1. The number of hydrogen-bond donors (Lipinski definition) is 1. The summed E-state index contributed by atoms with van der Waals surface area (Å²) in [6, 6.07) is 8.30. The summed E-state index contributed by atoms with van der Waals surface area (Å²) < 4.78 is 20.7. The summed E-state index contributed by atoms with van der Waals surface area (Å²) >= 11 is 1.26. The summed E-state index contributed by atoms with van der Waals surface area (Å²) in [6.07, 6.45) is 3.37. The van der Waals surface area contributed by atoms with E-state index in [4.69, 9.17) is 4.74 Å². The Kier molecular flexibility index (Phi) is 6.72. The van der Waals surface area contributed by atoms with Gasteiger partial charge in [-0.3, -0.25) is 14.3 Å². The molecule has 1 aromatic carbocycles. The number of pyridine rings is 1. The molecule has 1 amide bonds. The molecule has 7 nitrogen and oxygen atoms in total. The molecule has 0 aliphatic carbocycles. The minimum atomic E-state index is -0.355. The maximum absolute atomic E-state index is 13.6. The summed E-state index contributed by atoms with van der Waals surface area (Å²) in [5.41, 5.74) is 1.83. The van der Waals surface area contributed by atoms with Gasteiger partial charge in [0.05, 0.1) is 18.9 Å². The van der Waals surface area contributed by atoms with E-state index in [0.717, 1.165) is 5.56 Å². The molecule has 1 N–H and O–H groups in total. The molecule has 0 saturated carbocycles. The lowest BCUT2D eigenvalue weighted by atomic mass is 10.2. The van der Waals surface area contributed by atoms with Crippen molar-refractivity contribution < 1.29 is 13.9 Å². The average Bonchev–Trinajstić information content (AvgIpc) is 3.11. The first kappa shape index (κ1) is 20.0. The van der Waals surface area contributed by atoms with Crippen molar-refractivity contribution in [3.05, 3.63) is 54.1 Å². The number of anilines is 1. The quantitative estimate of drug-likeness (QED) is 0.584. The Balaban J connectivity index is 1.70. The summed E-state index contributed by atoms with van der Waals surface area (Å²) in [5, 5.41) is 11.8. The Morgan fingerprint density at radius 2 is 2.04 bits per heavy atom. The third-order valence-corrected chi connectivity index (χ3v) is 4.93. The first-order valence-corrected chi connectivity index (χ1v) is 9.58. The smallest absolute Gasteiger partial charge is 0.234 e. The fourth-order valence-electron chi connectivity index (χ4n) is 2.49. The van der Waals surface area contributed by atoms with Gasteiger partial charge in [-0.1, -0.05) is 17.8 Å². The number of aromatic nitrogens is 4. The van der Waals surface area contributed by atoms with Crippen molar-refractivity contribution in [2.75, 3.05) is 24.8 Å². The number of ether oxygens (including phenoxy) is 1. The number of halogens is 1. The standard InChI is InChI=1S/C19H20FN5O2S/c1-13-3-4-15(11-16(13)20)22-17(26)12-28-19-24-23-18(25(19)9-10-27-2)14-5-7-21-8-6-14/h3-8,11H,9-10,12H2,1-2H3,(H,22,26). The Morgan fingerprint density at radius 1 is 1.25 bits per heavy atom. The minimum Gasteiger partial charge on any atom is -0.383 e. The van der Waals surface area contributed by atoms with E-state index in [1.165, 1.54) is 17.8 Å². The first-order chi connectivity index (χ1) is 13.6. The highest BCUT2D eigenvalue weighted by atomic mass is 32.2. The number of nitrogens with zero attached hydrogens (tertiary/aromatic N) is 4. The van der Waals surface area contributed by atoms with E-state index in [0.29, 0.717) is 35.4 Å². The van der Waals surface area contributed by atoms with Crippen LogP contribution < -0.4 is 5.32 Å². The highest BCUT2D eigenvalue weighted by Gasteiger charge is 2.16. The van der Waals surface area contributed by atoms with Crippen molar-refractivity contribution in [1.29, 1.82) is 0 Å². The van der Waals surface area contributed by atoms with Gasteiger partial charge in [-0.2, -0.15) is 0 Å². The zero-order valence-corrected chi connectivity index (χ0v) is 16.4. The van der Waals surface area contributed by atoms with Crippen molar-refractivity contribution in [2.45, 2.75) is 18.6 Å². The molecule has 0 unspecified atom stereocenters. The van der Waals surface area contributed by atoms with E-state index in [1.807, 2.05) is 16.7 Å². The van der Waals surface area contributed by atoms with Gasteiger partial charge in [-0.05, 0) is 36.8 Å². The van der Waals surface area contributed by atoms with Gasteiger partial charge < -0.3 is 10.1 Å². The van der Waals surface area contributed by atoms with Crippen LogP contribution in [0.15, 0.2) is 47.9 Å². The molecule has 0 aliphatic rings. The third kappa shape index (κ3) is 4.93. The van der Waals surface area contributed by atoms with Crippen molar-refractivity contribution in [3.8, 4) is 11.4 Å². The van der Waals surface area contributed by atoms with Crippen LogP contribution in [0.1, 0.15) is 5.56 Å². The number of hydrogen-bond acceptors (Lipinski definition) is 6. The molecular weight excluding hydrogens is 381 g/mol. The number of carbonyl (C=O) groups excluding carboxylic acids is 1. The highest BCUT2D eigenvalue weighted by Crippen LogP contribution is 2.24. The Bertz CT molecular complexity index is 949. The lowest BCUT2D eigenvalue weighted by molar-refractivity contribution is -0.113. The van der Waals surface area contributed by atoms with Gasteiger partial charge in [0.2, 0.25) is 5.91 Å². The fraction of sp³-hybridized carbons (Fsp3) is 0.263. The van der Waals surface area contributed by atoms with E-state index in [1.54, 1.807) is 38.6 Å². The van der Waals surface area contributed by atoms with Crippen molar-refractivity contribution >= 4 is 23.4 Å². The number of nitrogens with one attached hydrogen (secondary N) is 1. The molecule has 0 radical (unpaired) electrons. The number of thioether (sulfide) groups is 1. The maximum atomic E-state index is 13.6. The second-order valence-electron chi connectivity index (χ2n) is 5.99. The van der Waals surface area contributed by atoms with E-state index in [9.17, 15) is 9.18 Å². The predicted octanol–water partition coefficient (Wildman–Crippen LogP) is 3.16. The van der Waals surface area contributed by atoms with Crippen LogP contribution in [0.3, 0.4) is 0 Å². The number of amides is 1. The zero-order chi connectivity index (χ0) is 19.9. The molecular formula is C19H20FN5O2S. The number of benzene rings is 1.